The number of nitrogens with one attached hydrogen (secondary N) is 1. The molecule has 0 aliphatic carbocycles. The summed E-state index contributed by atoms with van der Waals surface area (Å²) in [6.07, 6.45) is 3.21. The summed E-state index contributed by atoms with van der Waals surface area (Å²) in [6, 6.07) is 8.40. The van der Waals surface area contributed by atoms with Crippen molar-refractivity contribution in [3.05, 3.63) is 40.3 Å². The topological polar surface area (TPSA) is 46.9 Å². The van der Waals surface area contributed by atoms with E-state index in [-0.39, 0.29) is 5.56 Å². The van der Waals surface area contributed by atoms with Gasteiger partial charge in [-0.05, 0) is 44.9 Å². The number of hydrogen-bond donors (Lipinski definition) is 1. The Labute approximate surface area is 126 Å². The number of para-hydroxylation sites is 2. The molecule has 1 unspecified atom stereocenters. The molecule has 0 amide bonds. The highest BCUT2D eigenvalue weighted by Gasteiger charge is 2.09. The minimum atomic E-state index is 0.0326. The molecule has 0 radical (unpaired) electrons. The summed E-state index contributed by atoms with van der Waals surface area (Å²) in [4.78, 5) is 16.7. The predicted molar refractivity (Wildman–Crippen MR) is 87.7 cm³/mol. The lowest BCUT2D eigenvalue weighted by molar-refractivity contribution is 0.448. The Kier molecular flexibility index (Phi) is 5.51. The Morgan fingerprint density at radius 2 is 2.05 bits per heavy atom. The van der Waals surface area contributed by atoms with Crippen LogP contribution in [0.4, 0.5) is 0 Å². The van der Waals surface area contributed by atoms with E-state index in [1.165, 1.54) is 0 Å². The van der Waals surface area contributed by atoms with Crippen molar-refractivity contribution < 1.29 is 0 Å². The summed E-state index contributed by atoms with van der Waals surface area (Å²) < 4.78 is 1.87. The third kappa shape index (κ3) is 3.70. The summed E-state index contributed by atoms with van der Waals surface area (Å²) in [5.41, 5.74) is 2.44. The molecule has 0 spiro atoms. The second-order valence-electron chi connectivity index (χ2n) is 5.45. The predicted octanol–water partition coefficient (Wildman–Crippen LogP) is 2.87. The van der Waals surface area contributed by atoms with E-state index in [0.717, 1.165) is 43.4 Å². The van der Waals surface area contributed by atoms with Crippen molar-refractivity contribution in [2.75, 3.05) is 6.54 Å². The van der Waals surface area contributed by atoms with Crippen molar-refractivity contribution in [2.45, 2.75) is 52.6 Å². The Morgan fingerprint density at radius 1 is 1.29 bits per heavy atom. The zero-order valence-corrected chi connectivity index (χ0v) is 13.2. The van der Waals surface area contributed by atoms with E-state index in [1.54, 1.807) is 6.92 Å². The second-order valence-corrected chi connectivity index (χ2v) is 5.45. The van der Waals surface area contributed by atoms with Gasteiger partial charge in [0, 0.05) is 12.6 Å². The maximum Gasteiger partial charge on any atom is 0.272 e. The molecular weight excluding hydrogens is 262 g/mol. The molecule has 0 bridgehead atoms. The molecule has 4 nitrogen and oxygen atoms in total. The first-order chi connectivity index (χ1) is 10.2. The molecule has 1 heterocycles. The third-order valence-electron chi connectivity index (χ3n) is 3.94. The first-order valence-electron chi connectivity index (χ1n) is 7.87. The van der Waals surface area contributed by atoms with Crippen molar-refractivity contribution >= 4 is 11.0 Å². The lowest BCUT2D eigenvalue weighted by Crippen LogP contribution is -2.29. The van der Waals surface area contributed by atoms with Gasteiger partial charge in [0.2, 0.25) is 0 Å². The summed E-state index contributed by atoms with van der Waals surface area (Å²) in [5, 5.41) is 3.48. The van der Waals surface area contributed by atoms with Gasteiger partial charge in [-0.2, -0.15) is 0 Å². The van der Waals surface area contributed by atoms with Crippen LogP contribution >= 0.6 is 0 Å². The van der Waals surface area contributed by atoms with Crippen molar-refractivity contribution in [3.63, 3.8) is 0 Å². The van der Waals surface area contributed by atoms with Gasteiger partial charge in [-0.1, -0.05) is 26.0 Å². The summed E-state index contributed by atoms with van der Waals surface area (Å²) in [7, 11) is 0. The minimum Gasteiger partial charge on any atom is -0.314 e. The van der Waals surface area contributed by atoms with Gasteiger partial charge in [-0.25, -0.2) is 4.98 Å². The highest BCUT2D eigenvalue weighted by molar-refractivity contribution is 5.74. The monoisotopic (exact) mass is 287 g/mol. The van der Waals surface area contributed by atoms with Crippen LogP contribution in [0, 0.1) is 6.92 Å². The van der Waals surface area contributed by atoms with E-state index >= 15 is 0 Å². The Bertz CT molecular complexity index is 648. The van der Waals surface area contributed by atoms with Gasteiger partial charge in [0.05, 0.1) is 11.0 Å². The molecule has 114 valence electrons. The molecule has 1 N–H and O–H groups in total. The number of rotatable bonds is 7. The first kappa shape index (κ1) is 15.7. The molecular formula is C17H25N3O. The van der Waals surface area contributed by atoms with E-state index in [1.807, 2.05) is 28.8 Å². The fraction of sp³-hybridized carbons (Fsp3) is 0.529. The van der Waals surface area contributed by atoms with Crippen LogP contribution in [0.15, 0.2) is 29.1 Å². The molecule has 0 fully saturated rings. The number of aromatic nitrogens is 2. The van der Waals surface area contributed by atoms with Gasteiger partial charge < -0.3 is 9.88 Å². The largest absolute Gasteiger partial charge is 0.314 e. The van der Waals surface area contributed by atoms with Crippen LogP contribution in [-0.2, 0) is 6.54 Å². The molecule has 0 aliphatic rings. The molecule has 21 heavy (non-hydrogen) atoms. The van der Waals surface area contributed by atoms with Gasteiger partial charge in [-0.15, -0.1) is 0 Å². The fourth-order valence-corrected chi connectivity index (χ4v) is 2.78. The maximum absolute atomic E-state index is 12.3. The van der Waals surface area contributed by atoms with Crippen LogP contribution in [0.2, 0.25) is 0 Å². The first-order valence-corrected chi connectivity index (χ1v) is 7.87. The maximum atomic E-state index is 12.3. The summed E-state index contributed by atoms with van der Waals surface area (Å²) in [5.74, 6) is 0. The molecule has 0 saturated heterocycles. The summed E-state index contributed by atoms with van der Waals surface area (Å²) >= 11 is 0. The van der Waals surface area contributed by atoms with Gasteiger partial charge >= 0.3 is 0 Å². The van der Waals surface area contributed by atoms with E-state index in [4.69, 9.17) is 0 Å². The zero-order valence-electron chi connectivity index (χ0n) is 13.2. The lowest BCUT2D eigenvalue weighted by atomic mass is 10.1. The van der Waals surface area contributed by atoms with Gasteiger partial charge in [0.15, 0.2) is 0 Å². The molecule has 4 heteroatoms. The SMILES string of the molecule is CCNC(CC)CCCn1c(=O)c(C)nc2ccccc21. The van der Waals surface area contributed by atoms with Gasteiger partial charge in [-0.3, -0.25) is 4.79 Å². The van der Waals surface area contributed by atoms with Crippen molar-refractivity contribution in [1.82, 2.24) is 14.9 Å². The van der Waals surface area contributed by atoms with Crippen molar-refractivity contribution in [3.8, 4) is 0 Å². The van der Waals surface area contributed by atoms with E-state index in [2.05, 4.69) is 24.1 Å². The molecule has 0 saturated carbocycles. The van der Waals surface area contributed by atoms with Crippen LogP contribution in [0.3, 0.4) is 0 Å². The zero-order chi connectivity index (χ0) is 15.2. The molecule has 1 aromatic carbocycles. The van der Waals surface area contributed by atoms with Crippen molar-refractivity contribution in [2.24, 2.45) is 0 Å². The van der Waals surface area contributed by atoms with Crippen LogP contribution in [0.25, 0.3) is 11.0 Å². The van der Waals surface area contributed by atoms with Gasteiger partial charge in [0.25, 0.3) is 5.56 Å². The summed E-state index contributed by atoms with van der Waals surface area (Å²) in [6.45, 7) is 7.87. The average molecular weight is 287 g/mol. The normalized spacial score (nSPS) is 12.7. The highest BCUT2D eigenvalue weighted by Crippen LogP contribution is 2.11. The molecule has 0 aliphatic heterocycles. The quantitative estimate of drug-likeness (QED) is 0.852. The number of fused-ring (bicyclic) bond motifs is 1. The fourth-order valence-electron chi connectivity index (χ4n) is 2.78. The molecule has 2 rings (SSSR count). The molecule has 1 atom stereocenters. The number of hydrogen-bond acceptors (Lipinski definition) is 3. The van der Waals surface area contributed by atoms with Crippen LogP contribution < -0.4 is 10.9 Å². The minimum absolute atomic E-state index is 0.0326. The molecule has 2 aromatic rings. The average Bonchev–Trinajstić information content (AvgIpc) is 2.50. The van der Waals surface area contributed by atoms with Crippen LogP contribution in [0.1, 0.15) is 38.8 Å². The van der Waals surface area contributed by atoms with E-state index in [0.29, 0.717) is 11.7 Å². The number of nitrogens with zero attached hydrogens (tertiary/aromatic N) is 2. The number of benzene rings is 1. The standard InChI is InChI=1S/C17H25N3O/c1-4-14(18-5-2)9-8-12-20-16-11-7-6-10-15(16)19-13(3)17(20)21/h6-7,10-11,14,18H,4-5,8-9,12H2,1-3H3. The number of aryl methyl sites for hydroxylation is 2. The Balaban J connectivity index is 2.18. The van der Waals surface area contributed by atoms with Gasteiger partial charge in [0.1, 0.15) is 5.69 Å². The smallest absolute Gasteiger partial charge is 0.272 e. The van der Waals surface area contributed by atoms with E-state index in [9.17, 15) is 4.79 Å². The second kappa shape index (κ2) is 7.36. The lowest BCUT2D eigenvalue weighted by Gasteiger charge is -2.16. The Morgan fingerprint density at radius 3 is 2.76 bits per heavy atom. The Hall–Kier alpha value is -1.68. The van der Waals surface area contributed by atoms with Crippen LogP contribution in [-0.4, -0.2) is 22.1 Å². The third-order valence-corrected chi connectivity index (χ3v) is 3.94. The molecule has 1 aromatic heterocycles. The van der Waals surface area contributed by atoms with E-state index < -0.39 is 0 Å². The van der Waals surface area contributed by atoms with Crippen LogP contribution in [0.5, 0.6) is 0 Å². The highest BCUT2D eigenvalue weighted by atomic mass is 16.1. The van der Waals surface area contributed by atoms with Crippen molar-refractivity contribution in [1.29, 1.82) is 0 Å².